The summed E-state index contributed by atoms with van der Waals surface area (Å²) in [6.45, 7) is 3.62. The molecular weight excluding hydrogens is 306 g/mol. The van der Waals surface area contributed by atoms with E-state index >= 15 is 0 Å². The van der Waals surface area contributed by atoms with Crippen LogP contribution in [0.1, 0.15) is 27.6 Å². The summed E-state index contributed by atoms with van der Waals surface area (Å²) in [5.41, 5.74) is 3.07. The first kappa shape index (κ1) is 14.6. The normalized spacial score (nSPS) is 12.5. The van der Waals surface area contributed by atoms with E-state index in [0.717, 1.165) is 11.1 Å². The maximum Gasteiger partial charge on any atom is 0.127 e. The smallest absolute Gasteiger partial charge is 0.127 e. The highest BCUT2D eigenvalue weighted by Crippen LogP contribution is 2.36. The molecule has 0 saturated heterocycles. The van der Waals surface area contributed by atoms with Crippen LogP contribution in [0.25, 0.3) is 0 Å². The van der Waals surface area contributed by atoms with Crippen LogP contribution in [-0.2, 0) is 0 Å². The minimum atomic E-state index is -0.454. The van der Waals surface area contributed by atoms with Gasteiger partial charge in [0.05, 0.1) is 5.38 Å². The van der Waals surface area contributed by atoms with Gasteiger partial charge in [-0.2, -0.15) is 0 Å². The molecule has 19 heavy (non-hydrogen) atoms. The van der Waals surface area contributed by atoms with Gasteiger partial charge in [0.1, 0.15) is 5.82 Å². The molecule has 0 aromatic heterocycles. The Morgan fingerprint density at radius 1 is 1.00 bits per heavy atom. The number of aryl methyl sites for hydroxylation is 2. The first-order valence-corrected chi connectivity index (χ1v) is 6.94. The number of hydrogen-bond donors (Lipinski definition) is 0. The predicted molar refractivity (Wildman–Crippen MR) is 80.0 cm³/mol. The monoisotopic (exact) mass is 316 g/mol. The number of alkyl halides is 1. The zero-order chi connectivity index (χ0) is 14.2. The molecule has 0 bridgehead atoms. The summed E-state index contributed by atoms with van der Waals surface area (Å²) in [7, 11) is 0. The van der Waals surface area contributed by atoms with Gasteiger partial charge in [-0.1, -0.05) is 29.3 Å². The van der Waals surface area contributed by atoms with Crippen molar-refractivity contribution < 1.29 is 4.39 Å². The molecule has 0 N–H and O–H groups in total. The molecule has 2 aromatic rings. The highest BCUT2D eigenvalue weighted by atomic mass is 35.5. The second kappa shape index (κ2) is 5.70. The Labute approximate surface area is 127 Å². The molecule has 0 fully saturated rings. The van der Waals surface area contributed by atoms with E-state index in [2.05, 4.69) is 0 Å². The predicted octanol–water partition coefficient (Wildman–Crippen LogP) is 6.08. The average molecular weight is 318 g/mol. The van der Waals surface area contributed by atoms with Crippen LogP contribution in [0.5, 0.6) is 0 Å². The molecule has 0 amide bonds. The Kier molecular flexibility index (Phi) is 4.39. The minimum Gasteiger partial charge on any atom is -0.207 e. The molecule has 0 radical (unpaired) electrons. The van der Waals surface area contributed by atoms with Gasteiger partial charge in [-0.05, 0) is 60.4 Å². The Hall–Kier alpha value is -0.760. The van der Waals surface area contributed by atoms with Crippen molar-refractivity contribution in [2.24, 2.45) is 0 Å². The van der Waals surface area contributed by atoms with E-state index in [0.29, 0.717) is 21.2 Å². The quantitative estimate of drug-likeness (QED) is 0.589. The topological polar surface area (TPSA) is 0 Å². The van der Waals surface area contributed by atoms with Gasteiger partial charge in [0.2, 0.25) is 0 Å². The lowest BCUT2D eigenvalue weighted by atomic mass is 10.0. The summed E-state index contributed by atoms with van der Waals surface area (Å²) in [5.74, 6) is -0.333. The lowest BCUT2D eigenvalue weighted by Crippen LogP contribution is -1.97. The third-order valence-corrected chi connectivity index (χ3v) is 3.94. The van der Waals surface area contributed by atoms with Gasteiger partial charge in [0.15, 0.2) is 0 Å². The Balaban J connectivity index is 2.49. The van der Waals surface area contributed by atoms with Gasteiger partial charge in [0.25, 0.3) is 0 Å². The second-order valence-corrected chi connectivity index (χ2v) is 5.83. The summed E-state index contributed by atoms with van der Waals surface area (Å²) in [6.07, 6.45) is 0. The molecule has 1 atom stereocenters. The van der Waals surface area contributed by atoms with Gasteiger partial charge in [-0.25, -0.2) is 4.39 Å². The molecule has 0 spiro atoms. The van der Waals surface area contributed by atoms with Crippen LogP contribution in [0.2, 0.25) is 10.0 Å². The van der Waals surface area contributed by atoms with Gasteiger partial charge in [-0.15, -0.1) is 11.6 Å². The van der Waals surface area contributed by atoms with E-state index < -0.39 is 5.38 Å². The molecule has 0 saturated carbocycles. The van der Waals surface area contributed by atoms with E-state index in [4.69, 9.17) is 34.8 Å². The Morgan fingerprint density at radius 2 is 1.68 bits per heavy atom. The fourth-order valence-corrected chi connectivity index (χ4v) is 2.88. The van der Waals surface area contributed by atoms with Gasteiger partial charge < -0.3 is 0 Å². The minimum absolute atomic E-state index is 0.320. The van der Waals surface area contributed by atoms with Crippen molar-refractivity contribution in [3.05, 3.63) is 68.4 Å². The Morgan fingerprint density at radius 3 is 2.32 bits per heavy atom. The van der Waals surface area contributed by atoms with Crippen LogP contribution in [0.4, 0.5) is 4.39 Å². The molecule has 0 aliphatic heterocycles. The SMILES string of the molecule is Cc1cc(Cl)cc(C(Cl)c2cc(C)c(F)cc2Cl)c1. The van der Waals surface area contributed by atoms with Crippen LogP contribution in [0.3, 0.4) is 0 Å². The van der Waals surface area contributed by atoms with Gasteiger partial charge in [-0.3, -0.25) is 0 Å². The fraction of sp³-hybridized carbons (Fsp3) is 0.200. The van der Waals surface area contributed by atoms with Crippen molar-refractivity contribution >= 4 is 34.8 Å². The number of benzene rings is 2. The zero-order valence-corrected chi connectivity index (χ0v) is 12.7. The van der Waals surface area contributed by atoms with Crippen LogP contribution in [-0.4, -0.2) is 0 Å². The van der Waals surface area contributed by atoms with Crippen molar-refractivity contribution in [1.29, 1.82) is 0 Å². The van der Waals surface area contributed by atoms with Crippen molar-refractivity contribution in [1.82, 2.24) is 0 Å². The summed E-state index contributed by atoms with van der Waals surface area (Å²) in [5, 5.41) is 0.487. The third kappa shape index (κ3) is 3.22. The van der Waals surface area contributed by atoms with Gasteiger partial charge in [0, 0.05) is 10.0 Å². The lowest BCUT2D eigenvalue weighted by molar-refractivity contribution is 0.618. The largest absolute Gasteiger partial charge is 0.207 e. The van der Waals surface area contributed by atoms with Crippen LogP contribution in [0, 0.1) is 19.7 Å². The van der Waals surface area contributed by atoms with E-state index in [-0.39, 0.29) is 5.82 Å². The lowest BCUT2D eigenvalue weighted by Gasteiger charge is -2.14. The third-order valence-electron chi connectivity index (χ3n) is 2.91. The van der Waals surface area contributed by atoms with E-state index in [1.54, 1.807) is 19.1 Å². The molecule has 0 aliphatic rings. The summed E-state index contributed by atoms with van der Waals surface area (Å²) in [6, 6.07) is 8.55. The molecule has 0 heterocycles. The molecular formula is C15H12Cl3F. The molecule has 2 rings (SSSR count). The summed E-state index contributed by atoms with van der Waals surface area (Å²) in [4.78, 5) is 0. The maximum absolute atomic E-state index is 13.4. The average Bonchev–Trinajstić information content (AvgIpc) is 2.31. The second-order valence-electron chi connectivity index (χ2n) is 4.55. The van der Waals surface area contributed by atoms with Crippen molar-refractivity contribution in [2.75, 3.05) is 0 Å². The molecule has 4 heteroatoms. The van der Waals surface area contributed by atoms with E-state index in [1.165, 1.54) is 6.07 Å². The highest BCUT2D eigenvalue weighted by molar-refractivity contribution is 6.33. The van der Waals surface area contributed by atoms with E-state index in [1.807, 2.05) is 19.1 Å². The van der Waals surface area contributed by atoms with Crippen molar-refractivity contribution in [3.63, 3.8) is 0 Å². The van der Waals surface area contributed by atoms with Crippen LogP contribution in [0.15, 0.2) is 30.3 Å². The number of rotatable bonds is 2. The molecule has 0 aliphatic carbocycles. The zero-order valence-electron chi connectivity index (χ0n) is 10.5. The summed E-state index contributed by atoms with van der Waals surface area (Å²) >= 11 is 18.5. The van der Waals surface area contributed by atoms with Gasteiger partial charge >= 0.3 is 0 Å². The molecule has 100 valence electrons. The maximum atomic E-state index is 13.4. The summed E-state index contributed by atoms with van der Waals surface area (Å²) < 4.78 is 13.4. The fourth-order valence-electron chi connectivity index (χ4n) is 1.96. The molecule has 1 unspecified atom stereocenters. The standard InChI is InChI=1S/C15H12Cl3F/c1-8-3-10(6-11(16)4-8)15(18)12-5-9(2)14(19)7-13(12)17/h3-7,15H,1-2H3. The first-order chi connectivity index (χ1) is 8.88. The van der Waals surface area contributed by atoms with Crippen LogP contribution < -0.4 is 0 Å². The van der Waals surface area contributed by atoms with Crippen LogP contribution >= 0.6 is 34.8 Å². The molecule has 2 aromatic carbocycles. The Bertz CT molecular complexity index is 603. The highest BCUT2D eigenvalue weighted by Gasteiger charge is 2.17. The number of halogens is 4. The first-order valence-electron chi connectivity index (χ1n) is 5.75. The van der Waals surface area contributed by atoms with E-state index in [9.17, 15) is 4.39 Å². The van der Waals surface area contributed by atoms with Crippen molar-refractivity contribution in [3.8, 4) is 0 Å². The molecule has 0 nitrogen and oxygen atoms in total. The van der Waals surface area contributed by atoms with Crippen molar-refractivity contribution in [2.45, 2.75) is 19.2 Å². The number of hydrogen-bond acceptors (Lipinski definition) is 0.